The van der Waals surface area contributed by atoms with Gasteiger partial charge in [0.25, 0.3) is 0 Å². The van der Waals surface area contributed by atoms with Crippen LogP contribution in [0.25, 0.3) is 0 Å². The molecule has 0 atom stereocenters. The molecule has 124 valence electrons. The molecule has 2 aromatic rings. The first-order valence-corrected chi connectivity index (χ1v) is 7.10. The maximum atomic E-state index is 12.1. The quantitative estimate of drug-likeness (QED) is 0.676. The van der Waals surface area contributed by atoms with Crippen molar-refractivity contribution in [2.24, 2.45) is 0 Å². The number of rotatable bonds is 6. The Hall–Kier alpha value is -2.08. The minimum absolute atomic E-state index is 0. The monoisotopic (exact) mass is 380 g/mol. The van der Waals surface area contributed by atoms with E-state index in [4.69, 9.17) is 9.47 Å². The van der Waals surface area contributed by atoms with Crippen molar-refractivity contribution in [1.82, 2.24) is 0 Å². The van der Waals surface area contributed by atoms with Crippen molar-refractivity contribution < 1.29 is 35.8 Å². The lowest BCUT2D eigenvalue weighted by Crippen LogP contribution is -3.00. The Balaban J connectivity index is 0.00000264. The van der Waals surface area contributed by atoms with Crippen LogP contribution in [0.3, 0.4) is 0 Å². The number of nitrogens with zero attached hydrogens (tertiary/aromatic N) is 1. The number of anilines is 1. The average Bonchev–Trinajstić information content (AvgIpc) is 2.54. The van der Waals surface area contributed by atoms with E-state index < -0.39 is 0 Å². The number of carbonyl (C=O) groups excluding carboxylic acids is 1. The summed E-state index contributed by atoms with van der Waals surface area (Å²) in [4.78, 5) is 12.1. The summed E-state index contributed by atoms with van der Waals surface area (Å²) >= 11 is 0. The number of hydrogen-bond acceptors (Lipinski definition) is 3. The number of nitrogens with one attached hydrogen (secondary N) is 1. The molecule has 1 heterocycles. The van der Waals surface area contributed by atoms with Crippen molar-refractivity contribution >= 4 is 11.6 Å². The van der Waals surface area contributed by atoms with Crippen LogP contribution in [0.4, 0.5) is 5.69 Å². The number of aryl methyl sites for hydroxylation is 2. The van der Waals surface area contributed by atoms with Crippen LogP contribution in [0.2, 0.25) is 0 Å². The topological polar surface area (TPSA) is 51.4 Å². The van der Waals surface area contributed by atoms with Crippen LogP contribution in [-0.2, 0) is 11.3 Å². The molecule has 0 spiro atoms. The highest BCUT2D eigenvalue weighted by Crippen LogP contribution is 2.28. The van der Waals surface area contributed by atoms with Gasteiger partial charge in [0, 0.05) is 18.2 Å². The van der Waals surface area contributed by atoms with Crippen LogP contribution in [-0.4, -0.2) is 20.1 Å². The smallest absolute Gasteiger partial charge is 0.230 e. The molecule has 0 aliphatic heterocycles. The fourth-order valence-electron chi connectivity index (χ4n) is 2.04. The van der Waals surface area contributed by atoms with Crippen molar-refractivity contribution in [3.05, 3.63) is 48.3 Å². The molecule has 23 heavy (non-hydrogen) atoms. The molecule has 0 bridgehead atoms. The summed E-state index contributed by atoms with van der Waals surface area (Å²) in [5.41, 5.74) is 1.81. The normalized spacial score (nSPS) is 9.70. The zero-order chi connectivity index (χ0) is 15.9. The van der Waals surface area contributed by atoms with Crippen LogP contribution in [0.5, 0.6) is 11.5 Å². The summed E-state index contributed by atoms with van der Waals surface area (Å²) in [5.74, 6) is 1.21. The molecule has 0 saturated heterocycles. The zero-order valence-electron chi connectivity index (χ0n) is 13.5. The van der Waals surface area contributed by atoms with E-state index in [-0.39, 0.29) is 22.9 Å². The highest BCUT2D eigenvalue weighted by Gasteiger charge is 2.11. The van der Waals surface area contributed by atoms with Gasteiger partial charge in [0.05, 0.1) is 26.3 Å². The lowest BCUT2D eigenvalue weighted by atomic mass is 10.2. The molecular weight excluding hydrogens is 360 g/mol. The molecule has 0 unspecified atom stereocenters. The van der Waals surface area contributed by atoms with Gasteiger partial charge in [0.1, 0.15) is 11.5 Å². The van der Waals surface area contributed by atoms with E-state index in [2.05, 4.69) is 5.32 Å². The molecule has 1 aromatic heterocycles. The summed E-state index contributed by atoms with van der Waals surface area (Å²) < 4.78 is 12.4. The van der Waals surface area contributed by atoms with Gasteiger partial charge in [-0.2, -0.15) is 0 Å². The summed E-state index contributed by atoms with van der Waals surface area (Å²) in [6.45, 7) is 2.66. The zero-order valence-corrected chi connectivity index (χ0v) is 15.1. The molecule has 0 radical (unpaired) electrons. The Kier molecular flexibility index (Phi) is 7.54. The minimum Gasteiger partial charge on any atom is -1.00 e. The number of hydrogen-bond donors (Lipinski definition) is 1. The summed E-state index contributed by atoms with van der Waals surface area (Å²) in [6.07, 6.45) is 4.32. The first kappa shape index (κ1) is 19.0. The molecule has 0 aliphatic rings. The first-order valence-electron chi connectivity index (χ1n) is 7.10. The Morgan fingerprint density at radius 1 is 1.13 bits per heavy atom. The average molecular weight is 381 g/mol. The molecule has 2 rings (SSSR count). The molecule has 0 saturated carbocycles. The summed E-state index contributed by atoms with van der Waals surface area (Å²) in [7, 11) is 3.15. The SMILES string of the molecule is COc1ccc(OC)c(NC(=O)CC[n+]2ccc(C)cc2)c1.[Br-]. The Bertz CT molecular complexity index is 645. The van der Waals surface area contributed by atoms with E-state index in [0.717, 1.165) is 0 Å². The molecule has 1 N–H and O–H groups in total. The first-order chi connectivity index (χ1) is 10.6. The van der Waals surface area contributed by atoms with E-state index >= 15 is 0 Å². The number of carbonyl (C=O) groups is 1. The van der Waals surface area contributed by atoms with Gasteiger partial charge < -0.3 is 31.8 Å². The highest BCUT2D eigenvalue weighted by molar-refractivity contribution is 5.92. The summed E-state index contributed by atoms with van der Waals surface area (Å²) in [5, 5.41) is 2.86. The van der Waals surface area contributed by atoms with Crippen LogP contribution in [0.1, 0.15) is 12.0 Å². The van der Waals surface area contributed by atoms with Gasteiger partial charge in [-0.05, 0) is 24.6 Å². The van der Waals surface area contributed by atoms with Crippen LogP contribution in [0.15, 0.2) is 42.7 Å². The van der Waals surface area contributed by atoms with Gasteiger partial charge in [-0.15, -0.1) is 0 Å². The predicted molar refractivity (Wildman–Crippen MR) is 84.2 cm³/mol. The second-order valence-corrected chi connectivity index (χ2v) is 4.98. The van der Waals surface area contributed by atoms with Crippen LogP contribution < -0.4 is 36.3 Å². The Morgan fingerprint density at radius 2 is 1.83 bits per heavy atom. The molecular formula is C17H21BrN2O3. The van der Waals surface area contributed by atoms with E-state index in [1.54, 1.807) is 32.4 Å². The van der Waals surface area contributed by atoms with Gasteiger partial charge >= 0.3 is 0 Å². The fraction of sp³-hybridized carbons (Fsp3) is 0.294. The van der Waals surface area contributed by atoms with Gasteiger partial charge in [-0.3, -0.25) is 4.79 Å². The third kappa shape index (κ3) is 5.56. The van der Waals surface area contributed by atoms with Crippen molar-refractivity contribution in [2.45, 2.75) is 19.9 Å². The largest absolute Gasteiger partial charge is 1.00 e. The van der Waals surface area contributed by atoms with E-state index in [9.17, 15) is 4.79 Å². The van der Waals surface area contributed by atoms with Crippen molar-refractivity contribution in [1.29, 1.82) is 0 Å². The third-order valence-electron chi connectivity index (χ3n) is 3.34. The lowest BCUT2D eigenvalue weighted by Gasteiger charge is -2.11. The maximum Gasteiger partial charge on any atom is 0.230 e. The molecule has 5 nitrogen and oxygen atoms in total. The number of ether oxygens (including phenoxy) is 2. The molecule has 0 fully saturated rings. The molecule has 0 aliphatic carbocycles. The predicted octanol–water partition coefficient (Wildman–Crippen LogP) is -0.667. The van der Waals surface area contributed by atoms with Gasteiger partial charge in [0.2, 0.25) is 5.91 Å². The van der Waals surface area contributed by atoms with Gasteiger partial charge in [0.15, 0.2) is 18.9 Å². The fourth-order valence-corrected chi connectivity index (χ4v) is 2.04. The standard InChI is InChI=1S/C17H20N2O3.BrH/c1-13-6-9-19(10-7-13)11-8-17(20)18-15-12-14(21-2)4-5-16(15)22-3;/h4-7,9-10,12H,8,11H2,1-3H3;1H. The Labute approximate surface area is 147 Å². The van der Waals surface area contributed by atoms with Gasteiger partial charge in [-0.1, -0.05) is 0 Å². The molecule has 1 amide bonds. The van der Waals surface area contributed by atoms with Crippen molar-refractivity contribution in [3.63, 3.8) is 0 Å². The van der Waals surface area contributed by atoms with Gasteiger partial charge in [-0.25, -0.2) is 4.57 Å². The number of aromatic nitrogens is 1. The number of amides is 1. The number of halogens is 1. The van der Waals surface area contributed by atoms with E-state index in [0.29, 0.717) is 30.2 Å². The number of benzene rings is 1. The second kappa shape index (κ2) is 9.15. The van der Waals surface area contributed by atoms with Crippen LogP contribution >= 0.6 is 0 Å². The molecule has 6 heteroatoms. The Morgan fingerprint density at radius 3 is 2.43 bits per heavy atom. The van der Waals surface area contributed by atoms with E-state index in [1.807, 2.05) is 36.0 Å². The van der Waals surface area contributed by atoms with Crippen LogP contribution in [0, 0.1) is 6.92 Å². The second-order valence-electron chi connectivity index (χ2n) is 4.98. The lowest BCUT2D eigenvalue weighted by molar-refractivity contribution is -0.695. The molecule has 1 aromatic carbocycles. The van der Waals surface area contributed by atoms with E-state index in [1.165, 1.54) is 5.56 Å². The number of methoxy groups -OCH3 is 2. The third-order valence-corrected chi connectivity index (χ3v) is 3.34. The maximum absolute atomic E-state index is 12.1. The van der Waals surface area contributed by atoms with Crippen molar-refractivity contribution in [2.75, 3.05) is 19.5 Å². The number of pyridine rings is 1. The highest BCUT2D eigenvalue weighted by atomic mass is 79.9. The summed E-state index contributed by atoms with van der Waals surface area (Å²) in [6, 6.07) is 9.33. The van der Waals surface area contributed by atoms with Crippen molar-refractivity contribution in [3.8, 4) is 11.5 Å². The minimum atomic E-state index is -0.0698.